The summed E-state index contributed by atoms with van der Waals surface area (Å²) in [6.45, 7) is 2.57. The van der Waals surface area contributed by atoms with Gasteiger partial charge in [-0.1, -0.05) is 11.6 Å². The number of rotatable bonds is 4. The number of nitrogens with one attached hydrogen (secondary N) is 1. The first-order valence-electron chi connectivity index (χ1n) is 6.25. The van der Waals surface area contributed by atoms with Crippen LogP contribution in [0.1, 0.15) is 23.6 Å². The molecule has 7 heteroatoms. The Morgan fingerprint density at radius 2 is 2.29 bits per heavy atom. The zero-order valence-corrected chi connectivity index (χ0v) is 13.7. The summed E-state index contributed by atoms with van der Waals surface area (Å²) >= 11 is 7.71. The van der Waals surface area contributed by atoms with Crippen LogP contribution >= 0.6 is 35.3 Å². The van der Waals surface area contributed by atoms with Crippen LogP contribution in [-0.4, -0.2) is 4.98 Å². The predicted molar refractivity (Wildman–Crippen MR) is 90.5 cm³/mol. The van der Waals surface area contributed by atoms with Crippen molar-refractivity contribution < 1.29 is 4.42 Å². The van der Waals surface area contributed by atoms with Crippen molar-refractivity contribution in [3.05, 3.63) is 46.3 Å². The van der Waals surface area contributed by atoms with Gasteiger partial charge in [-0.3, -0.25) is 0 Å². The molecule has 3 aromatic rings. The molecule has 0 amide bonds. The van der Waals surface area contributed by atoms with Crippen LogP contribution < -0.4 is 11.1 Å². The summed E-state index contributed by atoms with van der Waals surface area (Å²) in [5.41, 5.74) is 7.76. The second kappa shape index (κ2) is 6.66. The number of anilines is 1. The summed E-state index contributed by atoms with van der Waals surface area (Å²) in [6, 6.07) is 7.61. The van der Waals surface area contributed by atoms with Gasteiger partial charge in [0.15, 0.2) is 0 Å². The largest absolute Gasteiger partial charge is 0.467 e. The third kappa shape index (κ3) is 3.49. The molecule has 0 aliphatic carbocycles. The first-order chi connectivity index (χ1) is 9.63. The topological polar surface area (TPSA) is 64.1 Å². The van der Waals surface area contributed by atoms with Gasteiger partial charge in [0.1, 0.15) is 10.9 Å². The lowest BCUT2D eigenvalue weighted by Gasteiger charge is -2.06. The Kier molecular flexibility index (Phi) is 5.11. The molecule has 0 spiro atoms. The van der Waals surface area contributed by atoms with Gasteiger partial charge in [0.2, 0.25) is 0 Å². The van der Waals surface area contributed by atoms with E-state index in [4.69, 9.17) is 21.8 Å². The number of fused-ring (bicyclic) bond motifs is 1. The van der Waals surface area contributed by atoms with Crippen LogP contribution in [0.3, 0.4) is 0 Å². The van der Waals surface area contributed by atoms with Crippen molar-refractivity contribution in [1.82, 2.24) is 4.98 Å². The van der Waals surface area contributed by atoms with Crippen molar-refractivity contribution >= 4 is 51.2 Å². The summed E-state index contributed by atoms with van der Waals surface area (Å²) < 4.78 is 6.38. The molecule has 0 unspecified atom stereocenters. The minimum atomic E-state index is -0.00843. The zero-order valence-electron chi connectivity index (χ0n) is 11.3. The average Bonchev–Trinajstić information content (AvgIpc) is 3.04. The van der Waals surface area contributed by atoms with E-state index in [0.29, 0.717) is 11.7 Å². The lowest BCUT2D eigenvalue weighted by molar-refractivity contribution is 0.518. The van der Waals surface area contributed by atoms with Crippen LogP contribution in [0.2, 0.25) is 5.15 Å². The van der Waals surface area contributed by atoms with Crippen molar-refractivity contribution in [2.24, 2.45) is 5.73 Å². The van der Waals surface area contributed by atoms with Crippen molar-refractivity contribution in [1.29, 1.82) is 0 Å². The third-order valence-electron chi connectivity index (χ3n) is 2.95. The molecule has 3 rings (SSSR count). The lowest BCUT2D eigenvalue weighted by Crippen LogP contribution is -2.01. The zero-order chi connectivity index (χ0) is 14.1. The number of nitrogens with two attached hydrogens (primary N) is 1. The molecule has 3 N–H and O–H groups in total. The maximum atomic E-state index is 6.07. The fraction of sp³-hybridized carbons (Fsp3) is 0.214. The van der Waals surface area contributed by atoms with E-state index in [1.165, 1.54) is 0 Å². The normalized spacial score (nSPS) is 12.1. The molecule has 0 aliphatic heterocycles. The number of hydrogen-bond acceptors (Lipinski definition) is 5. The predicted octanol–water partition coefficient (Wildman–Crippen LogP) is 4.60. The molecule has 0 radical (unpaired) electrons. The minimum Gasteiger partial charge on any atom is -0.467 e. The van der Waals surface area contributed by atoms with Crippen molar-refractivity contribution in [3.8, 4) is 0 Å². The summed E-state index contributed by atoms with van der Waals surface area (Å²) in [7, 11) is 0. The highest BCUT2D eigenvalue weighted by atomic mass is 35.5. The third-order valence-corrected chi connectivity index (χ3v) is 4.50. The van der Waals surface area contributed by atoms with E-state index in [1.807, 2.05) is 31.2 Å². The monoisotopic (exact) mass is 343 g/mol. The van der Waals surface area contributed by atoms with E-state index in [1.54, 1.807) is 17.6 Å². The van der Waals surface area contributed by atoms with Gasteiger partial charge >= 0.3 is 0 Å². The number of halogens is 2. The van der Waals surface area contributed by atoms with Gasteiger partial charge in [-0.05, 0) is 25.1 Å². The minimum absolute atomic E-state index is 0. The Morgan fingerprint density at radius 1 is 1.48 bits per heavy atom. The molecule has 1 atom stereocenters. The molecule has 3 heterocycles. The first-order valence-corrected chi connectivity index (χ1v) is 7.45. The van der Waals surface area contributed by atoms with Gasteiger partial charge in [-0.25, -0.2) is 4.98 Å². The van der Waals surface area contributed by atoms with E-state index in [2.05, 4.69) is 10.3 Å². The number of pyridine rings is 1. The van der Waals surface area contributed by atoms with Crippen LogP contribution in [0.15, 0.2) is 34.9 Å². The van der Waals surface area contributed by atoms with E-state index in [9.17, 15) is 0 Å². The molecule has 0 aromatic carbocycles. The smallest absolute Gasteiger partial charge is 0.131 e. The Hall–Kier alpha value is -1.27. The number of nitrogens with zero attached hydrogens (tertiary/aromatic N) is 1. The van der Waals surface area contributed by atoms with E-state index >= 15 is 0 Å². The Bertz CT molecular complexity index is 725. The van der Waals surface area contributed by atoms with Gasteiger partial charge in [0.25, 0.3) is 0 Å². The van der Waals surface area contributed by atoms with Gasteiger partial charge in [0.05, 0.1) is 28.7 Å². The Balaban J connectivity index is 0.00000161. The van der Waals surface area contributed by atoms with Gasteiger partial charge in [0, 0.05) is 17.0 Å². The highest BCUT2D eigenvalue weighted by molar-refractivity contribution is 7.19. The van der Waals surface area contributed by atoms with E-state index in [-0.39, 0.29) is 18.4 Å². The molecule has 21 heavy (non-hydrogen) atoms. The maximum absolute atomic E-state index is 6.07. The lowest BCUT2D eigenvalue weighted by atomic mass is 10.2. The highest BCUT2D eigenvalue weighted by Gasteiger charge is 2.12. The Labute approximate surface area is 137 Å². The van der Waals surface area contributed by atoms with Crippen LogP contribution in [0.5, 0.6) is 0 Å². The maximum Gasteiger partial charge on any atom is 0.131 e. The molecule has 0 saturated heterocycles. The van der Waals surface area contributed by atoms with Crippen LogP contribution in [0, 0.1) is 0 Å². The molecular weight excluding hydrogens is 329 g/mol. The summed E-state index contributed by atoms with van der Waals surface area (Å²) in [5.74, 6) is 0.870. The van der Waals surface area contributed by atoms with Crippen molar-refractivity contribution in [3.63, 3.8) is 0 Å². The van der Waals surface area contributed by atoms with Crippen molar-refractivity contribution in [2.75, 3.05) is 5.32 Å². The fourth-order valence-corrected chi connectivity index (χ4v) is 3.20. The van der Waals surface area contributed by atoms with Crippen LogP contribution in [0.25, 0.3) is 10.2 Å². The first kappa shape index (κ1) is 16.1. The fourth-order valence-electron chi connectivity index (χ4n) is 1.96. The number of aromatic nitrogens is 1. The summed E-state index contributed by atoms with van der Waals surface area (Å²) in [5, 5.41) is 3.80. The van der Waals surface area contributed by atoms with Crippen LogP contribution in [-0.2, 0) is 6.54 Å². The molecular formula is C14H15Cl2N3OS. The summed E-state index contributed by atoms with van der Waals surface area (Å²) in [4.78, 5) is 5.43. The number of furan rings is 1. The Morgan fingerprint density at radius 3 is 2.95 bits per heavy atom. The van der Waals surface area contributed by atoms with Crippen molar-refractivity contribution in [2.45, 2.75) is 19.5 Å². The SMILES string of the molecule is C[C@@H](N)c1cc2nc(Cl)cc(NCc3ccco3)c2s1.Cl. The average molecular weight is 344 g/mol. The van der Waals surface area contributed by atoms with E-state index < -0.39 is 0 Å². The standard InChI is InChI=1S/C14H14ClN3OS.ClH/c1-8(16)12-5-11-14(20-12)10(6-13(15)18-11)17-7-9-3-2-4-19-9;/h2-6,8H,7,16H2,1H3,(H,17,18);1H/t8-;/m1./s1. The molecule has 0 bridgehead atoms. The molecule has 0 fully saturated rings. The van der Waals surface area contributed by atoms with Crippen LogP contribution in [0.4, 0.5) is 5.69 Å². The molecule has 4 nitrogen and oxygen atoms in total. The number of thiophene rings is 1. The molecule has 0 aliphatic rings. The highest BCUT2D eigenvalue weighted by Crippen LogP contribution is 2.35. The van der Waals surface area contributed by atoms with Gasteiger partial charge in [-0.2, -0.15) is 0 Å². The summed E-state index contributed by atoms with van der Waals surface area (Å²) in [6.07, 6.45) is 1.66. The van der Waals surface area contributed by atoms with Gasteiger partial charge in [-0.15, -0.1) is 23.7 Å². The second-order valence-corrected chi connectivity index (χ2v) is 6.05. The molecule has 0 saturated carbocycles. The molecule has 3 aromatic heterocycles. The van der Waals surface area contributed by atoms with E-state index in [0.717, 1.165) is 26.5 Å². The van der Waals surface area contributed by atoms with Gasteiger partial charge < -0.3 is 15.5 Å². The quantitative estimate of drug-likeness (QED) is 0.679. The second-order valence-electron chi connectivity index (χ2n) is 4.58. The number of hydrogen-bond donors (Lipinski definition) is 2. The molecule has 112 valence electrons.